The zero-order valence-electron chi connectivity index (χ0n) is 30.7. The van der Waals surface area contributed by atoms with Gasteiger partial charge < -0.3 is 39.5 Å². The number of carboxylic acid groups (broad SMARTS) is 4. The lowest BCUT2D eigenvalue weighted by molar-refractivity contribution is 0.0682. The van der Waals surface area contributed by atoms with Crippen molar-refractivity contribution < 1.29 is 58.7 Å². The molecular weight excluding hydrogens is 1370 g/mol. The second-order valence-electron chi connectivity index (χ2n) is 13.2. The summed E-state index contributed by atoms with van der Waals surface area (Å²) in [7, 11) is 0. The molecule has 0 amide bonds. The van der Waals surface area contributed by atoms with E-state index in [1.807, 2.05) is 0 Å². The van der Waals surface area contributed by atoms with Gasteiger partial charge in [-0.15, -0.1) is 0 Å². The molecule has 0 aromatic heterocycles. The second kappa shape index (κ2) is 18.1. The molecular formula is C42H16Br8O14. The Bertz CT molecular complexity index is 3470. The quantitative estimate of drug-likeness (QED) is 0.0848. The van der Waals surface area contributed by atoms with Crippen LogP contribution >= 0.6 is 127 Å². The van der Waals surface area contributed by atoms with E-state index in [9.17, 15) is 59.4 Å². The Labute approximate surface area is 423 Å². The topological polar surface area (TPSA) is 250 Å². The fourth-order valence-electron chi connectivity index (χ4n) is 6.71. The minimum atomic E-state index is -1.33. The van der Waals surface area contributed by atoms with Crippen LogP contribution < -0.4 is 10.9 Å². The van der Waals surface area contributed by atoms with Gasteiger partial charge in [-0.3, -0.25) is 9.59 Å². The second-order valence-corrected chi connectivity index (χ2v) is 19.8. The van der Waals surface area contributed by atoms with Crippen molar-refractivity contribution in [2.24, 2.45) is 0 Å². The van der Waals surface area contributed by atoms with Crippen molar-refractivity contribution in [1.29, 1.82) is 0 Å². The largest absolute Gasteiger partial charge is 0.505 e. The number of fused-ring (bicyclic) bond motifs is 4. The number of benzene rings is 6. The SMILES string of the molecule is O=C(O)c1ccc(-c2c3cc(Br)c(=O)c(Br)c-3oc3c(Br)c(O)c(Br)cc23)c(C(=O)O)c1.O=C(O)c1ccc(C(=O)O)c(-c2c3cc(Br)c(=O)c(Br)c-3oc3c(Br)c(O)c(Br)cc23)c1. The van der Waals surface area contributed by atoms with E-state index in [2.05, 4.69) is 127 Å². The van der Waals surface area contributed by atoms with Crippen LogP contribution in [0.3, 0.4) is 0 Å². The Kier molecular flexibility index (Phi) is 13.4. The van der Waals surface area contributed by atoms with Crippen LogP contribution in [0.25, 0.3) is 66.8 Å². The van der Waals surface area contributed by atoms with Crippen LogP contribution in [0.4, 0.5) is 0 Å². The van der Waals surface area contributed by atoms with Gasteiger partial charge in [-0.2, -0.15) is 0 Å². The molecule has 2 aliphatic heterocycles. The van der Waals surface area contributed by atoms with Crippen molar-refractivity contribution in [3.8, 4) is 56.4 Å². The van der Waals surface area contributed by atoms with Crippen molar-refractivity contribution in [2.45, 2.75) is 0 Å². The van der Waals surface area contributed by atoms with E-state index < -0.39 is 29.3 Å². The zero-order chi connectivity index (χ0) is 47.0. The number of hydrogen-bond donors (Lipinski definition) is 6. The highest BCUT2D eigenvalue weighted by Crippen LogP contribution is 2.51. The summed E-state index contributed by atoms with van der Waals surface area (Å²) in [6, 6.07) is 13.5. The minimum absolute atomic E-state index is 0.0746. The van der Waals surface area contributed by atoms with E-state index in [0.29, 0.717) is 37.5 Å². The van der Waals surface area contributed by atoms with E-state index in [1.165, 1.54) is 48.5 Å². The van der Waals surface area contributed by atoms with Crippen LogP contribution in [0.2, 0.25) is 0 Å². The average Bonchev–Trinajstić information content (AvgIpc) is 3.25. The van der Waals surface area contributed by atoms with E-state index in [1.54, 1.807) is 6.07 Å². The molecule has 324 valence electrons. The number of phenols is 2. The number of rotatable bonds is 6. The van der Waals surface area contributed by atoms with Crippen LogP contribution in [0, 0.1) is 0 Å². The first-order chi connectivity index (χ1) is 30.0. The Hall–Kier alpha value is -4.42. The van der Waals surface area contributed by atoms with Gasteiger partial charge >= 0.3 is 23.9 Å². The molecule has 0 unspecified atom stereocenters. The molecule has 22 heteroatoms. The molecule has 2 heterocycles. The zero-order valence-corrected chi connectivity index (χ0v) is 43.4. The summed E-state index contributed by atoms with van der Waals surface area (Å²) < 4.78 is 13.5. The van der Waals surface area contributed by atoms with Crippen molar-refractivity contribution in [3.63, 3.8) is 0 Å². The molecule has 4 aliphatic rings. The average molecular weight is 1380 g/mol. The molecule has 64 heavy (non-hydrogen) atoms. The van der Waals surface area contributed by atoms with Crippen LogP contribution in [-0.4, -0.2) is 54.5 Å². The third-order valence-corrected chi connectivity index (χ3v) is 14.9. The van der Waals surface area contributed by atoms with E-state index >= 15 is 0 Å². The van der Waals surface area contributed by atoms with Crippen LogP contribution in [0.15, 0.2) is 115 Å². The van der Waals surface area contributed by atoms with Gasteiger partial charge in [-0.1, -0.05) is 6.07 Å². The van der Waals surface area contributed by atoms with Gasteiger partial charge in [0.05, 0.1) is 40.1 Å². The minimum Gasteiger partial charge on any atom is -0.505 e. The third-order valence-electron chi connectivity index (χ3n) is 9.58. The molecule has 0 spiro atoms. The number of carbonyl (C=O) groups is 4. The van der Waals surface area contributed by atoms with Gasteiger partial charge in [-0.05, 0) is 193 Å². The normalized spacial score (nSPS) is 11.2. The number of halogens is 8. The number of hydrogen-bond acceptors (Lipinski definition) is 10. The summed E-state index contributed by atoms with van der Waals surface area (Å²) in [6.45, 7) is 0. The fourth-order valence-corrected chi connectivity index (χ4v) is 11.5. The monoisotopic (exact) mass is 1380 g/mol. The molecule has 2 aliphatic carbocycles. The predicted molar refractivity (Wildman–Crippen MR) is 262 cm³/mol. The Morgan fingerprint density at radius 1 is 0.422 bits per heavy atom. The van der Waals surface area contributed by atoms with Crippen molar-refractivity contribution in [3.05, 3.63) is 139 Å². The molecule has 0 atom stereocenters. The van der Waals surface area contributed by atoms with Crippen LogP contribution in [0.1, 0.15) is 41.4 Å². The van der Waals surface area contributed by atoms with Gasteiger partial charge in [0, 0.05) is 33.0 Å². The lowest BCUT2D eigenvalue weighted by Gasteiger charge is -2.19. The maximum absolute atomic E-state index is 12.5. The molecule has 8 rings (SSSR count). The van der Waals surface area contributed by atoms with E-state index in [0.717, 1.165) is 6.07 Å². The maximum atomic E-state index is 12.5. The summed E-state index contributed by atoms with van der Waals surface area (Å²) in [6.07, 6.45) is 0. The van der Waals surface area contributed by atoms with Crippen molar-refractivity contribution in [2.75, 3.05) is 0 Å². The van der Waals surface area contributed by atoms with Gasteiger partial charge in [-0.25, -0.2) is 19.2 Å². The van der Waals surface area contributed by atoms with Gasteiger partial charge in [0.2, 0.25) is 10.9 Å². The summed E-state index contributed by atoms with van der Waals surface area (Å²) in [5.74, 6) is -5.20. The van der Waals surface area contributed by atoms with Gasteiger partial charge in [0.15, 0.2) is 22.7 Å². The smallest absolute Gasteiger partial charge is 0.336 e. The van der Waals surface area contributed by atoms with E-state index in [-0.39, 0.29) is 104 Å². The van der Waals surface area contributed by atoms with Crippen LogP contribution in [0.5, 0.6) is 11.5 Å². The Balaban J connectivity index is 0.000000191. The van der Waals surface area contributed by atoms with Gasteiger partial charge in [0.25, 0.3) is 0 Å². The van der Waals surface area contributed by atoms with Gasteiger partial charge in [0.1, 0.15) is 29.4 Å². The number of phenolic OH excluding ortho intramolecular Hbond substituents is 2. The molecule has 0 fully saturated rings. The number of carboxylic acids is 4. The Morgan fingerprint density at radius 2 is 0.828 bits per heavy atom. The molecule has 0 saturated heterocycles. The molecule has 0 bridgehead atoms. The first kappa shape index (κ1) is 47.5. The Morgan fingerprint density at radius 3 is 1.25 bits per heavy atom. The van der Waals surface area contributed by atoms with Crippen molar-refractivity contribution >= 4 is 173 Å². The third kappa shape index (κ3) is 8.24. The lowest BCUT2D eigenvalue weighted by atomic mass is 9.89. The van der Waals surface area contributed by atoms with Crippen LogP contribution in [-0.2, 0) is 0 Å². The molecule has 0 saturated carbocycles. The fraction of sp³-hybridized carbons (Fsp3) is 0. The summed E-state index contributed by atoms with van der Waals surface area (Å²) in [5.41, 5.74) is 0.527. The highest BCUT2D eigenvalue weighted by atomic mass is 79.9. The summed E-state index contributed by atoms with van der Waals surface area (Å²) in [4.78, 5) is 72.1. The molecule has 4 aromatic carbocycles. The summed E-state index contributed by atoms with van der Waals surface area (Å²) in [5, 5.41) is 59.9. The standard InChI is InChI=1S/2C21H8Br4O7/c22-11-4-9-13(8-3-6(20(28)29)1-2-7(8)21(30)31)10-5-12(23)17(27)15(25)19(10)32-18(9)14(24)16(11)26;22-11-4-9-13(7-2-1-6(20(28)29)3-8(7)21(30)31)10-5-12(23)17(27)15(25)19(10)32-18(9)14(24)16(11)26/h2*1-5,26H,(H,28,29)(H,30,31). The highest BCUT2D eigenvalue weighted by molar-refractivity contribution is 9.12. The highest BCUT2D eigenvalue weighted by Gasteiger charge is 2.30. The molecule has 6 N–H and O–H groups in total. The van der Waals surface area contributed by atoms with Crippen molar-refractivity contribution in [1.82, 2.24) is 0 Å². The summed E-state index contributed by atoms with van der Waals surface area (Å²) >= 11 is 26.0. The number of aromatic hydroxyl groups is 2. The predicted octanol–water partition coefficient (Wildman–Crippen LogP) is 13.4. The lowest BCUT2D eigenvalue weighted by Crippen LogP contribution is -2.08. The van der Waals surface area contributed by atoms with E-state index in [4.69, 9.17) is 8.83 Å². The molecule has 0 radical (unpaired) electrons. The number of aromatic carboxylic acids is 4. The first-order valence-electron chi connectivity index (χ1n) is 17.2. The first-order valence-corrected chi connectivity index (χ1v) is 23.5. The molecule has 14 nitrogen and oxygen atoms in total. The maximum Gasteiger partial charge on any atom is 0.336 e. The molecule has 4 aromatic rings.